The second-order valence-corrected chi connectivity index (χ2v) is 7.30. The van der Waals surface area contributed by atoms with Gasteiger partial charge in [0.1, 0.15) is 0 Å². The minimum absolute atomic E-state index is 0.665. The third-order valence-electron chi connectivity index (χ3n) is 2.80. The van der Waals surface area contributed by atoms with Crippen LogP contribution in [0.2, 0.25) is 0 Å². The Balaban J connectivity index is 2.86. The quantitative estimate of drug-likeness (QED) is 0.565. The Morgan fingerprint density at radius 2 is 1.29 bits per heavy atom. The smallest absolute Gasteiger partial charge is 0.370 e. The van der Waals surface area contributed by atoms with Gasteiger partial charge in [0.2, 0.25) is 0 Å². The number of rotatable bonds is 11. The van der Waals surface area contributed by atoms with E-state index in [-0.39, 0.29) is 0 Å². The van der Waals surface area contributed by atoms with Crippen LogP contribution in [0.15, 0.2) is 36.0 Å². The van der Waals surface area contributed by atoms with Crippen molar-refractivity contribution in [1.82, 2.24) is 0 Å². The van der Waals surface area contributed by atoms with E-state index >= 15 is 0 Å². The molecule has 0 radical (unpaired) electrons. The van der Waals surface area contributed by atoms with Gasteiger partial charge in [-0.05, 0) is 30.5 Å². The van der Waals surface area contributed by atoms with Gasteiger partial charge in [-0.15, -0.1) is 0 Å². The molecule has 1 aromatic rings. The largest absolute Gasteiger partial charge is 0.529 e. The van der Waals surface area contributed by atoms with Crippen molar-refractivity contribution >= 4 is 14.9 Å². The maximum absolute atomic E-state index is 6.01. The number of benzene rings is 1. The maximum Gasteiger partial charge on any atom is 0.529 e. The summed E-state index contributed by atoms with van der Waals surface area (Å²) < 4.78 is 18.0. The summed E-state index contributed by atoms with van der Waals surface area (Å²) in [5, 5.41) is 0. The lowest BCUT2D eigenvalue weighted by atomic mass is 10.2. The van der Waals surface area contributed by atoms with Gasteiger partial charge in [-0.2, -0.15) is 0 Å². The summed E-state index contributed by atoms with van der Waals surface area (Å²) in [5.41, 5.74) is 3.15. The Hall–Kier alpha value is -0.943. The molecule has 0 unspecified atom stereocenters. The van der Waals surface area contributed by atoms with Crippen molar-refractivity contribution in [3.8, 4) is 0 Å². The fourth-order valence-electron chi connectivity index (χ4n) is 1.76. The highest BCUT2D eigenvalue weighted by Gasteiger charge is 2.38. The molecule has 118 valence electrons. The summed E-state index contributed by atoms with van der Waals surface area (Å²) in [4.78, 5) is 0. The highest BCUT2D eigenvalue weighted by atomic mass is 28.4. The molecule has 0 amide bonds. The van der Waals surface area contributed by atoms with Crippen molar-refractivity contribution in [2.45, 2.75) is 40.0 Å². The van der Waals surface area contributed by atoms with E-state index in [1.54, 1.807) is 0 Å². The van der Waals surface area contributed by atoms with Gasteiger partial charge < -0.3 is 13.3 Å². The second-order valence-electron chi connectivity index (χ2n) is 4.89. The average Bonchev–Trinajstić information content (AvgIpc) is 2.54. The lowest BCUT2D eigenvalue weighted by Crippen LogP contribution is -2.45. The Bertz CT molecular complexity index is 371. The van der Waals surface area contributed by atoms with Crippen LogP contribution in [0.3, 0.4) is 0 Å². The highest BCUT2D eigenvalue weighted by molar-refractivity contribution is 6.67. The molecule has 0 bridgehead atoms. The zero-order chi connectivity index (χ0) is 15.4. The van der Waals surface area contributed by atoms with Crippen LogP contribution in [-0.4, -0.2) is 28.6 Å². The third-order valence-corrected chi connectivity index (χ3v) is 5.20. The van der Waals surface area contributed by atoms with Crippen molar-refractivity contribution < 1.29 is 13.3 Å². The van der Waals surface area contributed by atoms with Gasteiger partial charge in [0.05, 0.1) is 0 Å². The van der Waals surface area contributed by atoms with Crippen LogP contribution in [0, 0.1) is 0 Å². The predicted octanol–water partition coefficient (Wildman–Crippen LogP) is 4.46. The van der Waals surface area contributed by atoms with Crippen molar-refractivity contribution in [2.75, 3.05) is 19.8 Å². The summed E-state index contributed by atoms with van der Waals surface area (Å²) in [6.07, 6.45) is 4.92. The maximum atomic E-state index is 6.01. The summed E-state index contributed by atoms with van der Waals surface area (Å²) in [5.74, 6) is 0. The molecule has 1 aromatic carbocycles. The lowest BCUT2D eigenvalue weighted by molar-refractivity contribution is 0.0718. The predicted molar refractivity (Wildman–Crippen MR) is 90.0 cm³/mol. The summed E-state index contributed by atoms with van der Waals surface area (Å²) in [6.45, 7) is 8.29. The summed E-state index contributed by atoms with van der Waals surface area (Å²) >= 11 is 0. The van der Waals surface area contributed by atoms with E-state index in [4.69, 9.17) is 13.3 Å². The van der Waals surface area contributed by atoms with E-state index in [1.165, 1.54) is 0 Å². The van der Waals surface area contributed by atoms with Crippen molar-refractivity contribution in [3.05, 3.63) is 41.6 Å². The third kappa shape index (κ3) is 7.04. The molecule has 0 aliphatic carbocycles. The van der Waals surface area contributed by atoms with Gasteiger partial charge >= 0.3 is 8.80 Å². The molecule has 0 saturated heterocycles. The second kappa shape index (κ2) is 10.7. The van der Waals surface area contributed by atoms with Crippen LogP contribution < -0.4 is 0 Å². The summed E-state index contributed by atoms with van der Waals surface area (Å²) in [6, 6.07) is 10.2. The fraction of sp³-hybridized carbons (Fsp3) is 0.529. The SMILES string of the molecule is CCCO[Si](C=Cc1ccccc1)(OCCC)OCCC. The van der Waals surface area contributed by atoms with Crippen molar-refractivity contribution in [3.63, 3.8) is 0 Å². The van der Waals surface area contributed by atoms with Gasteiger partial charge in [0, 0.05) is 19.8 Å². The van der Waals surface area contributed by atoms with Gasteiger partial charge in [-0.1, -0.05) is 57.2 Å². The molecule has 0 N–H and O–H groups in total. The minimum Gasteiger partial charge on any atom is -0.370 e. The molecule has 0 fully saturated rings. The average molecular weight is 308 g/mol. The van der Waals surface area contributed by atoms with E-state index < -0.39 is 8.80 Å². The van der Waals surface area contributed by atoms with Crippen LogP contribution in [0.25, 0.3) is 6.08 Å². The molecule has 0 aliphatic rings. The van der Waals surface area contributed by atoms with E-state index in [0.29, 0.717) is 19.8 Å². The van der Waals surface area contributed by atoms with Crippen molar-refractivity contribution in [2.24, 2.45) is 0 Å². The first-order valence-corrected chi connectivity index (χ1v) is 9.72. The number of hydrogen-bond donors (Lipinski definition) is 0. The fourth-order valence-corrected chi connectivity index (χ4v) is 4.17. The van der Waals surface area contributed by atoms with Crippen molar-refractivity contribution in [1.29, 1.82) is 0 Å². The Labute approximate surface area is 130 Å². The monoisotopic (exact) mass is 308 g/mol. The molecule has 4 heteroatoms. The highest BCUT2D eigenvalue weighted by Crippen LogP contribution is 2.16. The topological polar surface area (TPSA) is 27.7 Å². The van der Waals surface area contributed by atoms with Gasteiger partial charge in [-0.25, -0.2) is 0 Å². The first-order valence-electron chi connectivity index (χ1n) is 7.92. The van der Waals surface area contributed by atoms with E-state index in [2.05, 4.69) is 32.9 Å². The molecular weight excluding hydrogens is 280 g/mol. The van der Waals surface area contributed by atoms with Crippen LogP contribution in [-0.2, 0) is 13.3 Å². The Morgan fingerprint density at radius 1 is 0.810 bits per heavy atom. The molecule has 0 saturated carbocycles. The van der Waals surface area contributed by atoms with E-state index in [0.717, 1.165) is 24.8 Å². The molecular formula is C17H28O3Si. The molecule has 0 aliphatic heterocycles. The molecule has 3 nitrogen and oxygen atoms in total. The molecule has 0 atom stereocenters. The Morgan fingerprint density at radius 3 is 1.71 bits per heavy atom. The van der Waals surface area contributed by atoms with Gasteiger partial charge in [-0.3, -0.25) is 0 Å². The molecule has 0 heterocycles. The van der Waals surface area contributed by atoms with Crippen LogP contribution in [0.1, 0.15) is 45.6 Å². The van der Waals surface area contributed by atoms with E-state index in [9.17, 15) is 0 Å². The Kier molecular flexibility index (Phi) is 9.26. The van der Waals surface area contributed by atoms with E-state index in [1.807, 2.05) is 30.0 Å². The standard InChI is InChI=1S/C17H28O3Si/c1-4-13-18-21(19-14-5-2,20-15-6-3)16-12-17-10-8-7-9-11-17/h7-12,16H,4-6,13-15H2,1-3H3. The number of hydrogen-bond acceptors (Lipinski definition) is 3. The van der Waals surface area contributed by atoms with Crippen LogP contribution >= 0.6 is 0 Å². The van der Waals surface area contributed by atoms with Gasteiger partial charge in [0.15, 0.2) is 0 Å². The van der Waals surface area contributed by atoms with Crippen LogP contribution in [0.5, 0.6) is 0 Å². The zero-order valence-corrected chi connectivity index (χ0v) is 14.5. The lowest BCUT2D eigenvalue weighted by Gasteiger charge is -2.26. The normalized spacial score (nSPS) is 12.1. The minimum atomic E-state index is -2.72. The van der Waals surface area contributed by atoms with Crippen LogP contribution in [0.4, 0.5) is 0 Å². The first-order chi connectivity index (χ1) is 10.3. The molecule has 21 heavy (non-hydrogen) atoms. The van der Waals surface area contributed by atoms with Gasteiger partial charge in [0.25, 0.3) is 0 Å². The molecule has 1 rings (SSSR count). The molecule has 0 spiro atoms. The zero-order valence-electron chi connectivity index (χ0n) is 13.5. The first kappa shape index (κ1) is 18.1. The summed E-state index contributed by atoms with van der Waals surface area (Å²) in [7, 11) is -2.72. The molecule has 0 aromatic heterocycles.